The lowest BCUT2D eigenvalue weighted by Crippen LogP contribution is -2.44. The van der Waals surface area contributed by atoms with Crippen molar-refractivity contribution in [2.24, 2.45) is 5.92 Å². The summed E-state index contributed by atoms with van der Waals surface area (Å²) in [6, 6.07) is 10.3. The summed E-state index contributed by atoms with van der Waals surface area (Å²) in [4.78, 5) is 0. The van der Waals surface area contributed by atoms with Gasteiger partial charge in [-0.3, -0.25) is 0 Å². The van der Waals surface area contributed by atoms with E-state index in [0.717, 1.165) is 32.2 Å². The van der Waals surface area contributed by atoms with Crippen LogP contribution in [0.4, 0.5) is 0 Å². The van der Waals surface area contributed by atoms with Crippen molar-refractivity contribution in [1.82, 2.24) is 5.32 Å². The molecule has 0 spiro atoms. The number of hydrogen-bond donors (Lipinski definition) is 1. The molecule has 1 heterocycles. The highest BCUT2D eigenvalue weighted by Gasteiger charge is 2.15. The van der Waals surface area contributed by atoms with E-state index in [1.165, 1.54) is 5.56 Å². The first-order valence-electron chi connectivity index (χ1n) is 4.77. The summed E-state index contributed by atoms with van der Waals surface area (Å²) in [5, 5.41) is 3.23. The third kappa shape index (κ3) is 3.29. The quantitative estimate of drug-likeness (QED) is 0.824. The Hall–Kier alpha value is -0.570. The van der Waals surface area contributed by atoms with Crippen LogP contribution in [-0.2, 0) is 11.3 Å². The monoisotopic (exact) mass is 213 g/mol. The first-order valence-corrected chi connectivity index (χ1v) is 4.77. The van der Waals surface area contributed by atoms with E-state index in [1.807, 2.05) is 18.2 Å². The molecule has 0 unspecified atom stereocenters. The molecule has 2 nitrogen and oxygen atoms in total. The van der Waals surface area contributed by atoms with Gasteiger partial charge < -0.3 is 10.1 Å². The van der Waals surface area contributed by atoms with Crippen molar-refractivity contribution >= 4 is 12.4 Å². The minimum absolute atomic E-state index is 0. The zero-order chi connectivity index (χ0) is 8.93. The Morgan fingerprint density at radius 1 is 1.21 bits per heavy atom. The molecule has 1 aromatic rings. The zero-order valence-electron chi connectivity index (χ0n) is 8.11. The molecule has 1 aliphatic heterocycles. The van der Waals surface area contributed by atoms with Crippen molar-refractivity contribution in [2.75, 3.05) is 19.7 Å². The summed E-state index contributed by atoms with van der Waals surface area (Å²) in [7, 11) is 0. The molecule has 2 rings (SSSR count). The van der Waals surface area contributed by atoms with E-state index in [9.17, 15) is 0 Å². The van der Waals surface area contributed by atoms with Crippen molar-refractivity contribution in [2.45, 2.75) is 6.61 Å². The first-order chi connectivity index (χ1) is 6.45. The van der Waals surface area contributed by atoms with Crippen LogP contribution in [0.1, 0.15) is 5.56 Å². The van der Waals surface area contributed by atoms with Gasteiger partial charge >= 0.3 is 0 Å². The lowest BCUT2D eigenvalue weighted by atomic mass is 10.1. The van der Waals surface area contributed by atoms with Crippen molar-refractivity contribution in [3.63, 3.8) is 0 Å². The molecule has 0 bridgehead atoms. The molecule has 0 radical (unpaired) electrons. The summed E-state index contributed by atoms with van der Waals surface area (Å²) in [6.45, 7) is 3.88. The molecule has 0 atom stereocenters. The first kappa shape index (κ1) is 11.5. The van der Waals surface area contributed by atoms with E-state index >= 15 is 0 Å². The van der Waals surface area contributed by atoms with Gasteiger partial charge in [0.1, 0.15) is 0 Å². The van der Waals surface area contributed by atoms with Gasteiger partial charge in [-0.1, -0.05) is 30.3 Å². The van der Waals surface area contributed by atoms with Crippen LogP contribution in [0.3, 0.4) is 0 Å². The molecule has 14 heavy (non-hydrogen) atoms. The molecule has 3 heteroatoms. The number of halogens is 1. The molecule has 1 aliphatic rings. The van der Waals surface area contributed by atoms with E-state index in [-0.39, 0.29) is 12.4 Å². The maximum absolute atomic E-state index is 5.58. The number of nitrogens with one attached hydrogen (secondary N) is 1. The van der Waals surface area contributed by atoms with Gasteiger partial charge in [0.2, 0.25) is 0 Å². The highest BCUT2D eigenvalue weighted by molar-refractivity contribution is 5.85. The SMILES string of the molecule is Cl.c1ccc(COCC2CNC2)cc1. The average Bonchev–Trinajstić information content (AvgIpc) is 2.11. The van der Waals surface area contributed by atoms with Gasteiger partial charge in [0.15, 0.2) is 0 Å². The fourth-order valence-electron chi connectivity index (χ4n) is 1.38. The molecule has 1 N–H and O–H groups in total. The van der Waals surface area contributed by atoms with Gasteiger partial charge in [-0.2, -0.15) is 0 Å². The van der Waals surface area contributed by atoms with E-state index in [0.29, 0.717) is 0 Å². The summed E-state index contributed by atoms with van der Waals surface area (Å²) in [5.74, 6) is 0.740. The Morgan fingerprint density at radius 2 is 1.93 bits per heavy atom. The second-order valence-electron chi connectivity index (χ2n) is 3.53. The van der Waals surface area contributed by atoms with Crippen molar-refractivity contribution in [1.29, 1.82) is 0 Å². The molecule has 0 aliphatic carbocycles. The zero-order valence-corrected chi connectivity index (χ0v) is 8.93. The summed E-state index contributed by atoms with van der Waals surface area (Å²) >= 11 is 0. The lowest BCUT2D eigenvalue weighted by Gasteiger charge is -2.26. The van der Waals surface area contributed by atoms with Crippen LogP contribution in [0.2, 0.25) is 0 Å². The number of ether oxygens (including phenoxy) is 1. The van der Waals surface area contributed by atoms with E-state index < -0.39 is 0 Å². The molecule has 78 valence electrons. The van der Waals surface area contributed by atoms with Crippen LogP contribution < -0.4 is 5.32 Å². The maximum atomic E-state index is 5.58. The Morgan fingerprint density at radius 3 is 2.50 bits per heavy atom. The standard InChI is InChI=1S/C11H15NO.ClH/c1-2-4-10(5-3-1)8-13-9-11-6-12-7-11;/h1-5,11-12H,6-9H2;1H. The van der Waals surface area contributed by atoms with Gasteiger partial charge in [0, 0.05) is 19.0 Å². The van der Waals surface area contributed by atoms with E-state index in [4.69, 9.17) is 4.74 Å². The Balaban J connectivity index is 0.000000980. The van der Waals surface area contributed by atoms with Crippen molar-refractivity contribution in [3.05, 3.63) is 35.9 Å². The van der Waals surface area contributed by atoms with Crippen molar-refractivity contribution in [3.8, 4) is 0 Å². The molecule has 1 fully saturated rings. The fourth-order valence-corrected chi connectivity index (χ4v) is 1.38. The Labute approximate surface area is 91.1 Å². The third-order valence-electron chi connectivity index (χ3n) is 2.33. The van der Waals surface area contributed by atoms with Crippen LogP contribution in [0.15, 0.2) is 30.3 Å². The van der Waals surface area contributed by atoms with Gasteiger partial charge in [0.25, 0.3) is 0 Å². The normalized spacial score (nSPS) is 15.7. The minimum Gasteiger partial charge on any atom is -0.376 e. The summed E-state index contributed by atoms with van der Waals surface area (Å²) < 4.78 is 5.58. The van der Waals surface area contributed by atoms with Crippen LogP contribution in [0.25, 0.3) is 0 Å². The van der Waals surface area contributed by atoms with E-state index in [2.05, 4.69) is 17.4 Å². The fraction of sp³-hybridized carbons (Fsp3) is 0.455. The summed E-state index contributed by atoms with van der Waals surface area (Å²) in [5.41, 5.74) is 1.26. The topological polar surface area (TPSA) is 21.3 Å². The van der Waals surface area contributed by atoms with Crippen LogP contribution in [-0.4, -0.2) is 19.7 Å². The molecule has 0 amide bonds. The third-order valence-corrected chi connectivity index (χ3v) is 2.33. The largest absolute Gasteiger partial charge is 0.376 e. The van der Waals surface area contributed by atoms with Crippen molar-refractivity contribution < 1.29 is 4.74 Å². The average molecular weight is 214 g/mol. The molecular weight excluding hydrogens is 198 g/mol. The van der Waals surface area contributed by atoms with Gasteiger partial charge in [-0.15, -0.1) is 12.4 Å². The molecule has 0 saturated carbocycles. The predicted molar refractivity (Wildman–Crippen MR) is 59.7 cm³/mol. The van der Waals surface area contributed by atoms with Gasteiger partial charge in [0.05, 0.1) is 13.2 Å². The second kappa shape index (κ2) is 6.02. The predicted octanol–water partition coefficient (Wildman–Crippen LogP) is 1.84. The highest BCUT2D eigenvalue weighted by atomic mass is 35.5. The Kier molecular flexibility index (Phi) is 4.94. The van der Waals surface area contributed by atoms with Gasteiger partial charge in [-0.25, -0.2) is 0 Å². The van der Waals surface area contributed by atoms with Gasteiger partial charge in [-0.05, 0) is 5.56 Å². The van der Waals surface area contributed by atoms with Crippen LogP contribution >= 0.6 is 12.4 Å². The van der Waals surface area contributed by atoms with Crippen LogP contribution in [0.5, 0.6) is 0 Å². The lowest BCUT2D eigenvalue weighted by molar-refractivity contribution is 0.0689. The molecular formula is C11H16ClNO. The van der Waals surface area contributed by atoms with E-state index in [1.54, 1.807) is 0 Å². The minimum atomic E-state index is 0. The second-order valence-corrected chi connectivity index (χ2v) is 3.53. The highest BCUT2D eigenvalue weighted by Crippen LogP contribution is 2.06. The summed E-state index contributed by atoms with van der Waals surface area (Å²) in [6.07, 6.45) is 0. The molecule has 1 saturated heterocycles. The number of benzene rings is 1. The van der Waals surface area contributed by atoms with Crippen LogP contribution in [0, 0.1) is 5.92 Å². The maximum Gasteiger partial charge on any atom is 0.0717 e. The Bertz CT molecular complexity index is 249. The number of rotatable bonds is 4. The number of hydrogen-bond acceptors (Lipinski definition) is 2. The molecule has 1 aromatic carbocycles. The molecule has 0 aromatic heterocycles. The smallest absolute Gasteiger partial charge is 0.0717 e.